The van der Waals surface area contributed by atoms with Crippen LogP contribution in [0.4, 0.5) is 5.82 Å². The van der Waals surface area contributed by atoms with Crippen molar-refractivity contribution in [1.82, 2.24) is 10.3 Å². The Kier molecular flexibility index (Phi) is 4.02. The lowest BCUT2D eigenvalue weighted by atomic mass is 10.1. The van der Waals surface area contributed by atoms with E-state index in [1.54, 1.807) is 7.11 Å². The molecule has 2 N–H and O–H groups in total. The average molecular weight is 271 g/mol. The van der Waals surface area contributed by atoms with E-state index >= 15 is 0 Å². The van der Waals surface area contributed by atoms with Crippen LogP contribution in [0.3, 0.4) is 0 Å². The molecule has 4 nitrogen and oxygen atoms in total. The van der Waals surface area contributed by atoms with Crippen LogP contribution in [-0.2, 0) is 0 Å². The van der Waals surface area contributed by atoms with Crippen molar-refractivity contribution in [1.29, 1.82) is 0 Å². The van der Waals surface area contributed by atoms with Gasteiger partial charge in [0.1, 0.15) is 11.6 Å². The fraction of sp³-hybridized carbons (Fsp3) is 0.438. The summed E-state index contributed by atoms with van der Waals surface area (Å²) in [6.07, 6.45) is 5.57. The van der Waals surface area contributed by atoms with Gasteiger partial charge in [-0.3, -0.25) is 0 Å². The highest BCUT2D eigenvalue weighted by molar-refractivity contribution is 5.95. The fourth-order valence-electron chi connectivity index (χ4n) is 2.87. The second-order valence-corrected chi connectivity index (χ2v) is 5.22. The van der Waals surface area contributed by atoms with E-state index in [-0.39, 0.29) is 0 Å². The number of pyridine rings is 1. The molecule has 3 rings (SSSR count). The zero-order valence-electron chi connectivity index (χ0n) is 11.9. The van der Waals surface area contributed by atoms with Gasteiger partial charge in [0.05, 0.1) is 7.11 Å². The number of anilines is 1. The van der Waals surface area contributed by atoms with Gasteiger partial charge < -0.3 is 15.4 Å². The second kappa shape index (κ2) is 6.09. The topological polar surface area (TPSA) is 46.2 Å². The van der Waals surface area contributed by atoms with Gasteiger partial charge in [0.15, 0.2) is 0 Å². The molecule has 4 heteroatoms. The summed E-state index contributed by atoms with van der Waals surface area (Å²) in [6.45, 7) is 2.11. The molecule has 1 aromatic heterocycles. The normalized spacial score (nSPS) is 18.4. The average Bonchev–Trinajstić information content (AvgIpc) is 3.00. The SMILES string of the molecule is COc1cccc2c(NCCC3CCCN3)nccc12. The number of benzene rings is 1. The summed E-state index contributed by atoms with van der Waals surface area (Å²) in [5, 5.41) is 9.20. The van der Waals surface area contributed by atoms with Crippen LogP contribution >= 0.6 is 0 Å². The summed E-state index contributed by atoms with van der Waals surface area (Å²) in [4.78, 5) is 4.46. The number of methoxy groups -OCH3 is 1. The van der Waals surface area contributed by atoms with Gasteiger partial charge in [-0.1, -0.05) is 12.1 Å². The Bertz CT molecular complexity index is 579. The molecule has 0 spiro atoms. The lowest BCUT2D eigenvalue weighted by Gasteiger charge is -2.13. The highest BCUT2D eigenvalue weighted by Gasteiger charge is 2.13. The Morgan fingerprint density at radius 2 is 2.30 bits per heavy atom. The number of hydrogen-bond acceptors (Lipinski definition) is 4. The first kappa shape index (κ1) is 13.2. The zero-order chi connectivity index (χ0) is 13.8. The van der Waals surface area contributed by atoms with E-state index in [9.17, 15) is 0 Å². The summed E-state index contributed by atoms with van der Waals surface area (Å²) in [5.74, 6) is 1.84. The van der Waals surface area contributed by atoms with Gasteiger partial charge in [-0.15, -0.1) is 0 Å². The summed E-state index contributed by atoms with van der Waals surface area (Å²) >= 11 is 0. The van der Waals surface area contributed by atoms with E-state index in [2.05, 4.69) is 21.7 Å². The van der Waals surface area contributed by atoms with Gasteiger partial charge in [0.25, 0.3) is 0 Å². The predicted octanol–water partition coefficient (Wildman–Crippen LogP) is 2.80. The molecule has 106 valence electrons. The molecule has 20 heavy (non-hydrogen) atoms. The Balaban J connectivity index is 1.74. The summed E-state index contributed by atoms with van der Waals surface area (Å²) in [7, 11) is 1.70. The highest BCUT2D eigenvalue weighted by Crippen LogP contribution is 2.28. The third-order valence-corrected chi connectivity index (χ3v) is 3.93. The highest BCUT2D eigenvalue weighted by atomic mass is 16.5. The molecule has 0 amide bonds. The van der Waals surface area contributed by atoms with Crippen LogP contribution in [-0.4, -0.2) is 31.2 Å². The van der Waals surface area contributed by atoms with Crippen LogP contribution in [0.25, 0.3) is 10.8 Å². The van der Waals surface area contributed by atoms with Gasteiger partial charge >= 0.3 is 0 Å². The molecule has 1 atom stereocenters. The fourth-order valence-corrected chi connectivity index (χ4v) is 2.87. The molecular weight excluding hydrogens is 250 g/mol. The van der Waals surface area contributed by atoms with Gasteiger partial charge in [-0.25, -0.2) is 4.98 Å². The molecule has 2 heterocycles. The van der Waals surface area contributed by atoms with Crippen molar-refractivity contribution in [3.8, 4) is 5.75 Å². The minimum atomic E-state index is 0.659. The molecular formula is C16H21N3O. The van der Waals surface area contributed by atoms with Gasteiger partial charge in [-0.05, 0) is 37.9 Å². The zero-order valence-corrected chi connectivity index (χ0v) is 11.9. The Morgan fingerprint density at radius 3 is 3.10 bits per heavy atom. The number of aromatic nitrogens is 1. The van der Waals surface area contributed by atoms with Crippen molar-refractivity contribution in [2.75, 3.05) is 25.5 Å². The lowest BCUT2D eigenvalue weighted by Crippen LogP contribution is -2.24. The molecule has 0 aliphatic carbocycles. The van der Waals surface area contributed by atoms with Crippen molar-refractivity contribution >= 4 is 16.6 Å². The lowest BCUT2D eigenvalue weighted by molar-refractivity contribution is 0.420. The minimum Gasteiger partial charge on any atom is -0.496 e. The third-order valence-electron chi connectivity index (χ3n) is 3.93. The van der Waals surface area contributed by atoms with E-state index in [1.165, 1.54) is 12.8 Å². The Labute approximate surface area is 119 Å². The monoisotopic (exact) mass is 271 g/mol. The number of nitrogens with zero attached hydrogens (tertiary/aromatic N) is 1. The largest absolute Gasteiger partial charge is 0.496 e. The van der Waals surface area contributed by atoms with E-state index in [0.29, 0.717) is 6.04 Å². The Morgan fingerprint density at radius 1 is 1.35 bits per heavy atom. The van der Waals surface area contributed by atoms with Crippen molar-refractivity contribution in [2.45, 2.75) is 25.3 Å². The molecule has 0 bridgehead atoms. The first-order valence-electron chi connectivity index (χ1n) is 7.27. The maximum absolute atomic E-state index is 5.40. The van der Waals surface area contributed by atoms with Crippen molar-refractivity contribution in [3.05, 3.63) is 30.5 Å². The van der Waals surface area contributed by atoms with Crippen LogP contribution < -0.4 is 15.4 Å². The molecule has 1 aliphatic heterocycles. The Hall–Kier alpha value is -1.81. The first-order valence-corrected chi connectivity index (χ1v) is 7.27. The molecule has 1 fully saturated rings. The molecule has 1 saturated heterocycles. The third kappa shape index (κ3) is 2.70. The van der Waals surface area contributed by atoms with Crippen LogP contribution in [0.2, 0.25) is 0 Å². The summed E-state index contributed by atoms with van der Waals surface area (Å²) in [5.41, 5.74) is 0. The van der Waals surface area contributed by atoms with E-state index in [0.717, 1.165) is 41.9 Å². The standard InChI is InChI=1S/C16H21N3O/c1-20-15-6-2-5-14-13(15)8-11-19-16(14)18-10-7-12-4-3-9-17-12/h2,5-6,8,11-12,17H,3-4,7,9-10H2,1H3,(H,18,19). The number of fused-ring (bicyclic) bond motifs is 1. The summed E-state index contributed by atoms with van der Waals surface area (Å²) in [6, 6.07) is 8.73. The van der Waals surface area contributed by atoms with Gasteiger partial charge in [0.2, 0.25) is 0 Å². The maximum atomic E-state index is 5.40. The van der Waals surface area contributed by atoms with Crippen LogP contribution in [0.5, 0.6) is 5.75 Å². The van der Waals surface area contributed by atoms with Gasteiger partial charge in [0, 0.05) is 29.6 Å². The smallest absolute Gasteiger partial charge is 0.133 e. The molecule has 0 saturated carbocycles. The van der Waals surface area contributed by atoms with E-state index in [4.69, 9.17) is 4.74 Å². The predicted molar refractivity (Wildman–Crippen MR) is 82.4 cm³/mol. The molecule has 1 aromatic carbocycles. The first-order chi connectivity index (χ1) is 9.88. The van der Waals surface area contributed by atoms with Crippen LogP contribution in [0.1, 0.15) is 19.3 Å². The number of hydrogen-bond donors (Lipinski definition) is 2. The van der Waals surface area contributed by atoms with Crippen molar-refractivity contribution < 1.29 is 4.74 Å². The number of nitrogens with one attached hydrogen (secondary N) is 2. The molecule has 1 unspecified atom stereocenters. The molecule has 1 aliphatic rings. The van der Waals surface area contributed by atoms with Gasteiger partial charge in [-0.2, -0.15) is 0 Å². The van der Waals surface area contributed by atoms with Crippen molar-refractivity contribution in [2.24, 2.45) is 0 Å². The summed E-state index contributed by atoms with van der Waals surface area (Å²) < 4.78 is 5.40. The van der Waals surface area contributed by atoms with E-state index in [1.807, 2.05) is 24.4 Å². The van der Waals surface area contributed by atoms with E-state index < -0.39 is 0 Å². The maximum Gasteiger partial charge on any atom is 0.133 e. The quantitative estimate of drug-likeness (QED) is 0.878. The minimum absolute atomic E-state index is 0.659. The number of ether oxygens (including phenoxy) is 1. The molecule has 0 radical (unpaired) electrons. The number of rotatable bonds is 5. The molecule has 2 aromatic rings. The van der Waals surface area contributed by atoms with Crippen molar-refractivity contribution in [3.63, 3.8) is 0 Å². The van der Waals surface area contributed by atoms with Crippen LogP contribution in [0, 0.1) is 0 Å². The van der Waals surface area contributed by atoms with Crippen LogP contribution in [0.15, 0.2) is 30.5 Å². The second-order valence-electron chi connectivity index (χ2n) is 5.22.